The van der Waals surface area contributed by atoms with Crippen LogP contribution in [0.5, 0.6) is 0 Å². The van der Waals surface area contributed by atoms with Crippen molar-refractivity contribution in [3.8, 4) is 28.2 Å². The average Bonchev–Trinajstić information content (AvgIpc) is 3.84. The van der Waals surface area contributed by atoms with Crippen LogP contribution in [-0.4, -0.2) is 19.2 Å². The molecule has 0 amide bonds. The van der Waals surface area contributed by atoms with E-state index in [-0.39, 0.29) is 0 Å². The fourth-order valence-electron chi connectivity index (χ4n) is 8.84. The summed E-state index contributed by atoms with van der Waals surface area (Å²) in [6.07, 6.45) is 0. The van der Waals surface area contributed by atoms with Crippen LogP contribution in [0.25, 0.3) is 110 Å². The fourth-order valence-corrected chi connectivity index (χ4v) is 8.84. The molecule has 0 unspecified atom stereocenters. The zero-order chi connectivity index (χ0) is 33.9. The van der Waals surface area contributed by atoms with Gasteiger partial charge in [0, 0.05) is 48.7 Å². The normalized spacial score (nSPS) is 12.2. The summed E-state index contributed by atoms with van der Waals surface area (Å²) in [5.74, 6) is 0.832. The van der Waals surface area contributed by atoms with Crippen LogP contribution >= 0.6 is 0 Å². The maximum atomic E-state index is 5.10. The number of hydrogen-bond acceptors (Lipinski definition) is 2. The summed E-state index contributed by atoms with van der Waals surface area (Å²) < 4.78 is 4.84. The highest BCUT2D eigenvalue weighted by Crippen LogP contribution is 2.47. The number of rotatable bonds is 3. The van der Waals surface area contributed by atoms with Gasteiger partial charge in [-0.25, -0.2) is 0 Å². The molecule has 0 N–H and O–H groups in total. The first-order chi connectivity index (χ1) is 25.8. The van der Waals surface area contributed by atoms with Gasteiger partial charge in [0.25, 0.3) is 0 Å². The van der Waals surface area contributed by atoms with Crippen LogP contribution in [0.15, 0.2) is 170 Å². The first kappa shape index (κ1) is 27.7. The molecular weight excluding hydrogens is 633 g/mol. The molecule has 0 fully saturated rings. The van der Waals surface area contributed by atoms with Crippen molar-refractivity contribution in [2.45, 2.75) is 0 Å². The first-order valence-electron chi connectivity index (χ1n) is 17.8. The SMILES string of the molecule is c1ccc(-c2ccc(-c3nnc(-n4c5ccccc5c5c6c7cc8ccccc8cc7n7c8ccccc8c(cc54)c67)c4ccccc34)cc2)cc1. The second kappa shape index (κ2) is 10.3. The second-order valence-corrected chi connectivity index (χ2v) is 13.8. The molecule has 0 spiro atoms. The Morgan fingerprint density at radius 1 is 0.346 bits per heavy atom. The van der Waals surface area contributed by atoms with Crippen molar-refractivity contribution in [3.05, 3.63) is 170 Å². The molecule has 52 heavy (non-hydrogen) atoms. The highest BCUT2D eigenvalue weighted by atomic mass is 15.2. The third-order valence-corrected chi connectivity index (χ3v) is 11.1. The smallest absolute Gasteiger partial charge is 0.168 e. The van der Waals surface area contributed by atoms with E-state index in [1.54, 1.807) is 0 Å². The van der Waals surface area contributed by atoms with Crippen LogP contribution in [0, 0.1) is 0 Å². The van der Waals surface area contributed by atoms with Crippen LogP contribution in [0.2, 0.25) is 0 Å². The number of hydrogen-bond donors (Lipinski definition) is 0. The van der Waals surface area contributed by atoms with Crippen LogP contribution < -0.4 is 0 Å². The number of nitrogens with zero attached hydrogens (tertiary/aromatic N) is 4. The van der Waals surface area contributed by atoms with E-state index in [2.05, 4.69) is 173 Å². The Bertz CT molecular complexity index is 3390. The summed E-state index contributed by atoms with van der Waals surface area (Å²) in [7, 11) is 0. The fraction of sp³-hybridized carbons (Fsp3) is 0. The van der Waals surface area contributed by atoms with Crippen LogP contribution in [0.1, 0.15) is 0 Å². The Morgan fingerprint density at radius 3 is 1.77 bits per heavy atom. The lowest BCUT2D eigenvalue weighted by molar-refractivity contribution is 0.977. The molecule has 12 aromatic rings. The minimum absolute atomic E-state index is 0.832. The molecule has 240 valence electrons. The van der Waals surface area contributed by atoms with Gasteiger partial charge in [-0.15, -0.1) is 10.2 Å². The van der Waals surface area contributed by atoms with Crippen LogP contribution in [0.3, 0.4) is 0 Å². The van der Waals surface area contributed by atoms with Crippen molar-refractivity contribution >= 4 is 81.4 Å². The average molecular weight is 661 g/mol. The van der Waals surface area contributed by atoms with E-state index in [1.807, 2.05) is 6.07 Å². The Morgan fingerprint density at radius 2 is 0.962 bits per heavy atom. The third-order valence-electron chi connectivity index (χ3n) is 11.1. The first-order valence-corrected chi connectivity index (χ1v) is 17.8. The van der Waals surface area contributed by atoms with E-state index in [1.165, 1.54) is 70.8 Å². The molecule has 8 aromatic carbocycles. The molecule has 0 bridgehead atoms. The van der Waals surface area contributed by atoms with Gasteiger partial charge >= 0.3 is 0 Å². The van der Waals surface area contributed by atoms with Crippen molar-refractivity contribution < 1.29 is 0 Å². The Kier molecular flexibility index (Phi) is 5.47. The monoisotopic (exact) mass is 660 g/mol. The van der Waals surface area contributed by atoms with Crippen molar-refractivity contribution in [2.75, 3.05) is 0 Å². The standard InChI is InChI=1S/C48H28N4/c1-2-12-29(13-3-1)30-22-24-31(25-23-30)46-35-17-6-7-18-36(35)48(50-49-46)52-41-21-11-9-19-37(41)44-43(52)28-38-34-16-8-10-20-40(34)51-42-27-33-15-5-4-14-32(33)26-39(42)45(44)47(38)51/h1-28H. The van der Waals surface area contributed by atoms with Crippen molar-refractivity contribution in [1.82, 2.24) is 19.2 Å². The second-order valence-electron chi connectivity index (χ2n) is 13.8. The molecule has 4 aromatic heterocycles. The summed E-state index contributed by atoms with van der Waals surface area (Å²) in [6, 6.07) is 61.2. The number of para-hydroxylation sites is 2. The molecule has 0 atom stereocenters. The van der Waals surface area contributed by atoms with Gasteiger partial charge in [0.1, 0.15) is 5.69 Å². The molecule has 0 aliphatic rings. The van der Waals surface area contributed by atoms with Gasteiger partial charge in [0.15, 0.2) is 5.82 Å². The van der Waals surface area contributed by atoms with E-state index >= 15 is 0 Å². The summed E-state index contributed by atoms with van der Waals surface area (Å²) in [6.45, 7) is 0. The molecule has 4 nitrogen and oxygen atoms in total. The predicted octanol–water partition coefficient (Wildman–Crippen LogP) is 12.4. The highest BCUT2D eigenvalue weighted by Gasteiger charge is 2.25. The van der Waals surface area contributed by atoms with Crippen LogP contribution in [0.4, 0.5) is 0 Å². The highest BCUT2D eigenvalue weighted by molar-refractivity contribution is 6.36. The van der Waals surface area contributed by atoms with Crippen LogP contribution in [-0.2, 0) is 0 Å². The summed E-state index contributed by atoms with van der Waals surface area (Å²) >= 11 is 0. The Hall–Kier alpha value is -7.04. The summed E-state index contributed by atoms with van der Waals surface area (Å²) in [5.41, 5.74) is 10.3. The molecule has 0 saturated heterocycles. The van der Waals surface area contributed by atoms with E-state index in [9.17, 15) is 0 Å². The molecular formula is C48H28N4. The zero-order valence-electron chi connectivity index (χ0n) is 28.0. The molecule has 12 rings (SSSR count). The van der Waals surface area contributed by atoms with Gasteiger partial charge in [-0.2, -0.15) is 0 Å². The maximum Gasteiger partial charge on any atom is 0.168 e. The summed E-state index contributed by atoms with van der Waals surface area (Å²) in [4.78, 5) is 0. The van der Waals surface area contributed by atoms with E-state index in [0.717, 1.165) is 38.9 Å². The maximum absolute atomic E-state index is 5.10. The Balaban J connectivity index is 1.19. The molecule has 4 heterocycles. The Labute approximate surface area is 297 Å². The van der Waals surface area contributed by atoms with Crippen molar-refractivity contribution in [3.63, 3.8) is 0 Å². The van der Waals surface area contributed by atoms with Gasteiger partial charge < -0.3 is 4.40 Å². The largest absolute Gasteiger partial charge is 0.308 e. The topological polar surface area (TPSA) is 35.1 Å². The minimum atomic E-state index is 0.832. The number of fused-ring (bicyclic) bond motifs is 12. The van der Waals surface area contributed by atoms with Gasteiger partial charge in [-0.3, -0.25) is 4.57 Å². The number of benzene rings is 8. The van der Waals surface area contributed by atoms with Gasteiger partial charge in [-0.1, -0.05) is 140 Å². The van der Waals surface area contributed by atoms with E-state index < -0.39 is 0 Å². The van der Waals surface area contributed by atoms with Gasteiger partial charge in [0.05, 0.1) is 27.6 Å². The van der Waals surface area contributed by atoms with Gasteiger partial charge in [0.2, 0.25) is 0 Å². The lowest BCUT2D eigenvalue weighted by atomic mass is 10.00. The third kappa shape index (κ3) is 3.65. The molecule has 0 aliphatic carbocycles. The van der Waals surface area contributed by atoms with Crippen molar-refractivity contribution in [2.24, 2.45) is 0 Å². The predicted molar refractivity (Wildman–Crippen MR) is 217 cm³/mol. The number of aromatic nitrogens is 4. The van der Waals surface area contributed by atoms with Gasteiger partial charge in [-0.05, 0) is 52.2 Å². The minimum Gasteiger partial charge on any atom is -0.308 e. The molecule has 4 heteroatoms. The lowest BCUT2D eigenvalue weighted by Gasteiger charge is -2.13. The van der Waals surface area contributed by atoms with Crippen molar-refractivity contribution in [1.29, 1.82) is 0 Å². The quantitative estimate of drug-likeness (QED) is 0.189. The zero-order valence-corrected chi connectivity index (χ0v) is 28.0. The molecule has 0 aliphatic heterocycles. The lowest BCUT2D eigenvalue weighted by Crippen LogP contribution is -2.02. The summed E-state index contributed by atoms with van der Waals surface area (Å²) in [5, 5.41) is 22.2. The van der Waals surface area contributed by atoms with E-state index in [4.69, 9.17) is 10.2 Å². The van der Waals surface area contributed by atoms with E-state index in [0.29, 0.717) is 0 Å². The molecule has 0 saturated carbocycles. The molecule has 0 radical (unpaired) electrons.